The summed E-state index contributed by atoms with van der Waals surface area (Å²) in [6, 6.07) is 9.46. The molecule has 1 heterocycles. The third-order valence-corrected chi connectivity index (χ3v) is 3.02. The highest BCUT2D eigenvalue weighted by Gasteiger charge is 2.02. The molecule has 2 aromatic rings. The van der Waals surface area contributed by atoms with E-state index in [1.165, 1.54) is 0 Å². The molecule has 0 atom stereocenters. The van der Waals surface area contributed by atoms with Gasteiger partial charge in [0.2, 0.25) is 0 Å². The Morgan fingerprint density at radius 1 is 1.29 bits per heavy atom. The first-order chi connectivity index (χ1) is 8.15. The van der Waals surface area contributed by atoms with Crippen LogP contribution < -0.4 is 4.74 Å². The summed E-state index contributed by atoms with van der Waals surface area (Å²) >= 11 is 9.26. The Bertz CT molecular complexity index is 513. The predicted molar refractivity (Wildman–Crippen MR) is 72.5 cm³/mol. The Kier molecular flexibility index (Phi) is 4.02. The molecule has 2 rings (SSSR count). The number of rotatable bonds is 3. The summed E-state index contributed by atoms with van der Waals surface area (Å²) in [5.41, 5.74) is 1.94. The average molecular weight is 313 g/mol. The molecule has 88 valence electrons. The van der Waals surface area contributed by atoms with Gasteiger partial charge in [-0.05, 0) is 52.7 Å². The van der Waals surface area contributed by atoms with E-state index in [1.807, 2.05) is 37.3 Å². The number of nitrogens with zero attached hydrogens (tertiary/aromatic N) is 1. The molecule has 0 bridgehead atoms. The SMILES string of the molecule is Cc1ccc(Cl)cc1OCc1ccc(Br)cn1. The van der Waals surface area contributed by atoms with Crippen LogP contribution in [0.3, 0.4) is 0 Å². The summed E-state index contributed by atoms with van der Waals surface area (Å²) in [5.74, 6) is 0.794. The summed E-state index contributed by atoms with van der Waals surface area (Å²) in [6.07, 6.45) is 1.75. The summed E-state index contributed by atoms with van der Waals surface area (Å²) in [4.78, 5) is 4.24. The maximum atomic E-state index is 5.92. The zero-order valence-electron chi connectivity index (χ0n) is 9.28. The molecule has 0 fully saturated rings. The number of benzene rings is 1. The Morgan fingerprint density at radius 3 is 2.82 bits per heavy atom. The van der Waals surface area contributed by atoms with Crippen LogP contribution in [-0.4, -0.2) is 4.98 Å². The van der Waals surface area contributed by atoms with Gasteiger partial charge in [-0.1, -0.05) is 17.7 Å². The monoisotopic (exact) mass is 311 g/mol. The zero-order valence-corrected chi connectivity index (χ0v) is 11.6. The van der Waals surface area contributed by atoms with Crippen molar-refractivity contribution in [2.75, 3.05) is 0 Å². The maximum Gasteiger partial charge on any atom is 0.130 e. The summed E-state index contributed by atoms with van der Waals surface area (Å²) in [7, 11) is 0. The predicted octanol–water partition coefficient (Wildman–Crippen LogP) is 4.38. The molecule has 4 heteroatoms. The van der Waals surface area contributed by atoms with Gasteiger partial charge in [0.1, 0.15) is 12.4 Å². The van der Waals surface area contributed by atoms with Gasteiger partial charge in [-0.15, -0.1) is 0 Å². The van der Waals surface area contributed by atoms with Gasteiger partial charge < -0.3 is 4.74 Å². The first-order valence-electron chi connectivity index (χ1n) is 5.14. The number of halogens is 2. The molecule has 0 aliphatic heterocycles. The minimum absolute atomic E-state index is 0.439. The Hall–Kier alpha value is -1.06. The molecule has 0 aliphatic rings. The lowest BCUT2D eigenvalue weighted by atomic mass is 10.2. The minimum Gasteiger partial charge on any atom is -0.487 e. The zero-order chi connectivity index (χ0) is 12.3. The van der Waals surface area contributed by atoms with Crippen molar-refractivity contribution >= 4 is 27.5 Å². The molecule has 0 saturated carbocycles. The van der Waals surface area contributed by atoms with Crippen molar-refractivity contribution in [3.05, 3.63) is 57.3 Å². The Morgan fingerprint density at radius 2 is 2.12 bits per heavy atom. The second kappa shape index (κ2) is 5.52. The number of ether oxygens (including phenoxy) is 1. The lowest BCUT2D eigenvalue weighted by Crippen LogP contribution is -1.99. The third-order valence-electron chi connectivity index (χ3n) is 2.31. The number of aromatic nitrogens is 1. The fourth-order valence-electron chi connectivity index (χ4n) is 1.37. The number of hydrogen-bond donors (Lipinski definition) is 0. The fourth-order valence-corrected chi connectivity index (χ4v) is 1.77. The quantitative estimate of drug-likeness (QED) is 0.839. The van der Waals surface area contributed by atoms with Gasteiger partial charge in [-0.3, -0.25) is 4.98 Å². The second-order valence-corrected chi connectivity index (χ2v) is 5.02. The highest BCUT2D eigenvalue weighted by molar-refractivity contribution is 9.10. The molecule has 0 N–H and O–H groups in total. The minimum atomic E-state index is 0.439. The Balaban J connectivity index is 2.07. The van der Waals surface area contributed by atoms with E-state index < -0.39 is 0 Å². The van der Waals surface area contributed by atoms with Gasteiger partial charge >= 0.3 is 0 Å². The van der Waals surface area contributed by atoms with Crippen LogP contribution in [0, 0.1) is 6.92 Å². The molecule has 0 spiro atoms. The standard InChI is InChI=1S/C13H11BrClNO/c1-9-2-4-11(15)6-13(9)17-8-12-5-3-10(14)7-16-12/h2-7H,8H2,1H3. The summed E-state index contributed by atoms with van der Waals surface area (Å²) in [6.45, 7) is 2.43. The molecule has 17 heavy (non-hydrogen) atoms. The lowest BCUT2D eigenvalue weighted by Gasteiger charge is -2.09. The van der Waals surface area contributed by atoms with Crippen molar-refractivity contribution in [3.63, 3.8) is 0 Å². The van der Waals surface area contributed by atoms with Crippen LogP contribution in [-0.2, 0) is 6.61 Å². The van der Waals surface area contributed by atoms with E-state index in [-0.39, 0.29) is 0 Å². The number of pyridine rings is 1. The summed E-state index contributed by atoms with van der Waals surface area (Å²) in [5, 5.41) is 0.675. The smallest absolute Gasteiger partial charge is 0.130 e. The fraction of sp³-hybridized carbons (Fsp3) is 0.154. The largest absolute Gasteiger partial charge is 0.487 e. The van der Waals surface area contributed by atoms with E-state index in [1.54, 1.807) is 6.20 Å². The highest BCUT2D eigenvalue weighted by Crippen LogP contribution is 2.23. The van der Waals surface area contributed by atoms with Crippen molar-refractivity contribution in [1.29, 1.82) is 0 Å². The van der Waals surface area contributed by atoms with Crippen LogP contribution in [0.25, 0.3) is 0 Å². The highest BCUT2D eigenvalue weighted by atomic mass is 79.9. The molecule has 0 radical (unpaired) electrons. The molecule has 1 aromatic heterocycles. The molecule has 0 amide bonds. The van der Waals surface area contributed by atoms with Crippen molar-refractivity contribution in [2.24, 2.45) is 0 Å². The number of aryl methyl sites for hydroxylation is 1. The van der Waals surface area contributed by atoms with Crippen molar-refractivity contribution in [2.45, 2.75) is 13.5 Å². The van der Waals surface area contributed by atoms with Crippen molar-refractivity contribution < 1.29 is 4.74 Å². The van der Waals surface area contributed by atoms with Crippen LogP contribution in [0.1, 0.15) is 11.3 Å². The van der Waals surface area contributed by atoms with Crippen molar-refractivity contribution in [1.82, 2.24) is 4.98 Å². The van der Waals surface area contributed by atoms with Gasteiger partial charge in [-0.2, -0.15) is 0 Å². The van der Waals surface area contributed by atoms with Gasteiger partial charge in [0.05, 0.1) is 5.69 Å². The number of hydrogen-bond acceptors (Lipinski definition) is 2. The van der Waals surface area contributed by atoms with Crippen molar-refractivity contribution in [3.8, 4) is 5.75 Å². The molecular weight excluding hydrogens is 302 g/mol. The average Bonchev–Trinajstić information content (AvgIpc) is 2.32. The van der Waals surface area contributed by atoms with Crippen LogP contribution in [0.4, 0.5) is 0 Å². The van der Waals surface area contributed by atoms with E-state index >= 15 is 0 Å². The summed E-state index contributed by atoms with van der Waals surface area (Å²) < 4.78 is 6.64. The van der Waals surface area contributed by atoms with Crippen LogP contribution in [0.5, 0.6) is 5.75 Å². The maximum absolute atomic E-state index is 5.92. The molecule has 0 aliphatic carbocycles. The molecule has 0 unspecified atom stereocenters. The van der Waals surface area contributed by atoms with E-state index in [0.29, 0.717) is 11.6 Å². The van der Waals surface area contributed by atoms with Crippen LogP contribution in [0.2, 0.25) is 5.02 Å². The Labute approximate surface area is 114 Å². The molecule has 0 saturated heterocycles. The topological polar surface area (TPSA) is 22.1 Å². The van der Waals surface area contributed by atoms with E-state index in [9.17, 15) is 0 Å². The van der Waals surface area contributed by atoms with Gasteiger partial charge in [-0.25, -0.2) is 0 Å². The second-order valence-electron chi connectivity index (χ2n) is 3.67. The first-order valence-corrected chi connectivity index (χ1v) is 6.31. The van der Waals surface area contributed by atoms with Gasteiger partial charge in [0, 0.05) is 15.7 Å². The third kappa shape index (κ3) is 3.45. The lowest BCUT2D eigenvalue weighted by molar-refractivity contribution is 0.299. The first kappa shape index (κ1) is 12.4. The van der Waals surface area contributed by atoms with Crippen LogP contribution in [0.15, 0.2) is 41.0 Å². The van der Waals surface area contributed by atoms with Gasteiger partial charge in [0.25, 0.3) is 0 Å². The molecular formula is C13H11BrClNO. The van der Waals surface area contributed by atoms with E-state index in [4.69, 9.17) is 16.3 Å². The van der Waals surface area contributed by atoms with Gasteiger partial charge in [0.15, 0.2) is 0 Å². The molecule has 2 nitrogen and oxygen atoms in total. The normalized spacial score (nSPS) is 10.3. The van der Waals surface area contributed by atoms with E-state index in [2.05, 4.69) is 20.9 Å². The molecule has 1 aromatic carbocycles. The van der Waals surface area contributed by atoms with E-state index in [0.717, 1.165) is 21.5 Å². The van der Waals surface area contributed by atoms with Crippen LogP contribution >= 0.6 is 27.5 Å².